The van der Waals surface area contributed by atoms with E-state index in [-0.39, 0.29) is 5.97 Å². The number of allylic oxidation sites excluding steroid dienone is 2. The lowest BCUT2D eigenvalue weighted by atomic mass is 10.1. The highest BCUT2D eigenvalue weighted by molar-refractivity contribution is 5.83. The normalized spacial score (nSPS) is 11.7. The first-order valence-electron chi connectivity index (χ1n) is 4.72. The molecule has 2 nitrogen and oxygen atoms in total. The predicted octanol–water partition coefficient (Wildman–Crippen LogP) is 2.82. The first kappa shape index (κ1) is 11.2. The number of benzene rings is 1. The van der Waals surface area contributed by atoms with Gasteiger partial charge in [0.15, 0.2) is 0 Å². The van der Waals surface area contributed by atoms with Crippen LogP contribution in [0.4, 0.5) is 0 Å². The Hall–Kier alpha value is -1.83. The van der Waals surface area contributed by atoms with E-state index >= 15 is 0 Å². The maximum absolute atomic E-state index is 10.9. The minimum Gasteiger partial charge on any atom is -0.466 e. The molecule has 1 rings (SSSR count). The fraction of sp³-hybridized carbons (Fsp3) is 0.154. The monoisotopic (exact) mass is 202 g/mol. The molecule has 0 fully saturated rings. The zero-order chi connectivity index (χ0) is 11.1. The van der Waals surface area contributed by atoms with E-state index in [9.17, 15) is 4.79 Å². The van der Waals surface area contributed by atoms with E-state index in [4.69, 9.17) is 0 Å². The molecule has 0 heterocycles. The van der Waals surface area contributed by atoms with Crippen LogP contribution in [0.15, 0.2) is 48.1 Å². The highest BCUT2D eigenvalue weighted by Crippen LogP contribution is 2.04. The lowest BCUT2D eigenvalue weighted by Gasteiger charge is -1.94. The van der Waals surface area contributed by atoms with Gasteiger partial charge in [0.2, 0.25) is 0 Å². The molecule has 0 aromatic heterocycles. The van der Waals surface area contributed by atoms with Gasteiger partial charge in [-0.3, -0.25) is 0 Å². The van der Waals surface area contributed by atoms with Gasteiger partial charge < -0.3 is 4.74 Å². The molecule has 2 heteroatoms. The zero-order valence-corrected chi connectivity index (χ0v) is 8.94. The molecule has 78 valence electrons. The SMILES string of the molecule is COC(=O)/C=C(C)\C=C\c1ccccc1. The van der Waals surface area contributed by atoms with Gasteiger partial charge in [0.1, 0.15) is 0 Å². The van der Waals surface area contributed by atoms with Gasteiger partial charge in [0, 0.05) is 6.08 Å². The number of carbonyl (C=O) groups excluding carboxylic acids is 1. The Kier molecular flexibility index (Phi) is 4.35. The molecule has 0 aliphatic heterocycles. The molecule has 0 radical (unpaired) electrons. The smallest absolute Gasteiger partial charge is 0.330 e. The van der Waals surface area contributed by atoms with Crippen LogP contribution in [0.25, 0.3) is 6.08 Å². The van der Waals surface area contributed by atoms with Gasteiger partial charge in [0.25, 0.3) is 0 Å². The van der Waals surface area contributed by atoms with Gasteiger partial charge in [-0.1, -0.05) is 42.5 Å². The van der Waals surface area contributed by atoms with E-state index in [2.05, 4.69) is 4.74 Å². The number of rotatable bonds is 3. The van der Waals surface area contributed by atoms with Gasteiger partial charge >= 0.3 is 5.97 Å². The topological polar surface area (TPSA) is 26.3 Å². The van der Waals surface area contributed by atoms with Gasteiger partial charge in [-0.2, -0.15) is 0 Å². The van der Waals surface area contributed by atoms with Crippen molar-refractivity contribution in [2.75, 3.05) is 7.11 Å². The summed E-state index contributed by atoms with van der Waals surface area (Å²) in [6.07, 6.45) is 5.29. The first-order valence-corrected chi connectivity index (χ1v) is 4.72. The van der Waals surface area contributed by atoms with Crippen molar-refractivity contribution >= 4 is 12.0 Å². The molecule has 0 saturated carbocycles. The Balaban J connectivity index is 2.66. The van der Waals surface area contributed by atoms with Crippen LogP contribution in [0.5, 0.6) is 0 Å². The Morgan fingerprint density at radius 3 is 2.53 bits per heavy atom. The largest absolute Gasteiger partial charge is 0.466 e. The van der Waals surface area contributed by atoms with Crippen molar-refractivity contribution < 1.29 is 9.53 Å². The lowest BCUT2D eigenvalue weighted by Crippen LogP contribution is -1.94. The standard InChI is InChI=1S/C13H14O2/c1-11(10-13(14)15-2)8-9-12-6-4-3-5-7-12/h3-10H,1-2H3/b9-8+,11-10-. The molecular formula is C13H14O2. The average Bonchev–Trinajstić information content (AvgIpc) is 2.27. The van der Waals surface area contributed by atoms with Crippen LogP contribution in [-0.4, -0.2) is 13.1 Å². The molecule has 0 atom stereocenters. The average molecular weight is 202 g/mol. The fourth-order valence-electron chi connectivity index (χ4n) is 1.08. The van der Waals surface area contributed by atoms with Crippen molar-refractivity contribution in [3.63, 3.8) is 0 Å². The molecule has 15 heavy (non-hydrogen) atoms. The van der Waals surface area contributed by atoms with Crippen molar-refractivity contribution in [1.82, 2.24) is 0 Å². The number of hydrogen-bond donors (Lipinski definition) is 0. The third-order valence-electron chi connectivity index (χ3n) is 1.88. The number of carbonyl (C=O) groups is 1. The molecule has 1 aromatic carbocycles. The highest BCUT2D eigenvalue weighted by atomic mass is 16.5. The first-order chi connectivity index (χ1) is 7.22. The zero-order valence-electron chi connectivity index (χ0n) is 8.94. The van der Waals surface area contributed by atoms with Crippen LogP contribution in [0.3, 0.4) is 0 Å². The van der Waals surface area contributed by atoms with Crippen LogP contribution in [0.2, 0.25) is 0 Å². The van der Waals surface area contributed by atoms with Gasteiger partial charge in [-0.25, -0.2) is 4.79 Å². The highest BCUT2D eigenvalue weighted by Gasteiger charge is 1.92. The quantitative estimate of drug-likeness (QED) is 0.428. The molecule has 0 saturated heterocycles. The number of esters is 1. The summed E-state index contributed by atoms with van der Waals surface area (Å²) >= 11 is 0. The summed E-state index contributed by atoms with van der Waals surface area (Å²) in [7, 11) is 1.37. The Labute approximate surface area is 89.9 Å². The third kappa shape index (κ3) is 4.27. The second-order valence-electron chi connectivity index (χ2n) is 3.16. The van der Waals surface area contributed by atoms with Gasteiger partial charge in [-0.15, -0.1) is 0 Å². The second-order valence-corrected chi connectivity index (χ2v) is 3.16. The molecule has 0 unspecified atom stereocenters. The molecule has 0 amide bonds. The molecule has 0 N–H and O–H groups in total. The number of methoxy groups -OCH3 is 1. The van der Waals surface area contributed by atoms with Crippen LogP contribution in [0.1, 0.15) is 12.5 Å². The summed E-state index contributed by atoms with van der Waals surface area (Å²) in [6.45, 7) is 1.86. The summed E-state index contributed by atoms with van der Waals surface area (Å²) in [5.41, 5.74) is 1.97. The van der Waals surface area contributed by atoms with Gasteiger partial charge in [0.05, 0.1) is 7.11 Å². The molecule has 0 bridgehead atoms. The van der Waals surface area contributed by atoms with Crippen molar-refractivity contribution in [2.24, 2.45) is 0 Å². The second kappa shape index (κ2) is 5.81. The summed E-state index contributed by atoms with van der Waals surface area (Å²) in [5.74, 6) is -0.329. The van der Waals surface area contributed by atoms with Crippen molar-refractivity contribution in [3.8, 4) is 0 Å². The van der Waals surface area contributed by atoms with Crippen molar-refractivity contribution in [3.05, 3.63) is 53.6 Å². The third-order valence-corrected chi connectivity index (χ3v) is 1.88. The minimum absolute atomic E-state index is 0.329. The predicted molar refractivity (Wildman–Crippen MR) is 61.2 cm³/mol. The van der Waals surface area contributed by atoms with E-state index in [0.29, 0.717) is 0 Å². The van der Waals surface area contributed by atoms with E-state index in [1.54, 1.807) is 0 Å². The Morgan fingerprint density at radius 2 is 1.93 bits per heavy atom. The summed E-state index contributed by atoms with van der Waals surface area (Å²) in [4.78, 5) is 10.9. The maximum Gasteiger partial charge on any atom is 0.330 e. The van der Waals surface area contributed by atoms with Crippen LogP contribution in [0, 0.1) is 0 Å². The van der Waals surface area contributed by atoms with E-state index in [0.717, 1.165) is 11.1 Å². The number of ether oxygens (including phenoxy) is 1. The van der Waals surface area contributed by atoms with E-state index in [1.165, 1.54) is 13.2 Å². The Morgan fingerprint density at radius 1 is 1.27 bits per heavy atom. The van der Waals surface area contributed by atoms with Gasteiger partial charge in [-0.05, 0) is 18.1 Å². The number of hydrogen-bond acceptors (Lipinski definition) is 2. The van der Waals surface area contributed by atoms with E-state index in [1.807, 2.05) is 49.4 Å². The molecule has 0 aliphatic rings. The van der Waals surface area contributed by atoms with Crippen LogP contribution >= 0.6 is 0 Å². The van der Waals surface area contributed by atoms with Crippen molar-refractivity contribution in [1.29, 1.82) is 0 Å². The maximum atomic E-state index is 10.9. The molecule has 0 spiro atoms. The molecule has 0 aliphatic carbocycles. The molecule has 1 aromatic rings. The lowest BCUT2D eigenvalue weighted by molar-refractivity contribution is -0.134. The van der Waals surface area contributed by atoms with Crippen LogP contribution < -0.4 is 0 Å². The van der Waals surface area contributed by atoms with E-state index < -0.39 is 0 Å². The fourth-order valence-corrected chi connectivity index (χ4v) is 1.08. The summed E-state index contributed by atoms with van der Waals surface area (Å²) in [5, 5.41) is 0. The summed E-state index contributed by atoms with van der Waals surface area (Å²) in [6, 6.07) is 9.91. The molecular weight excluding hydrogens is 188 g/mol. The van der Waals surface area contributed by atoms with Crippen molar-refractivity contribution in [2.45, 2.75) is 6.92 Å². The summed E-state index contributed by atoms with van der Waals surface area (Å²) < 4.78 is 4.52. The van der Waals surface area contributed by atoms with Crippen LogP contribution in [-0.2, 0) is 9.53 Å². The minimum atomic E-state index is -0.329. The Bertz CT molecular complexity index is 375.